The topological polar surface area (TPSA) is 63.4 Å². The molecule has 0 saturated heterocycles. The molecule has 0 fully saturated rings. The summed E-state index contributed by atoms with van der Waals surface area (Å²) in [6.07, 6.45) is 1.99. The second kappa shape index (κ2) is 5.36. The van der Waals surface area contributed by atoms with Crippen molar-refractivity contribution in [1.29, 1.82) is 10.5 Å². The summed E-state index contributed by atoms with van der Waals surface area (Å²) in [7, 11) is 0. The first-order valence-corrected chi connectivity index (χ1v) is 6.51. The predicted molar refractivity (Wildman–Crippen MR) is 82.2 cm³/mol. The number of hydrogen-bond donors (Lipinski definition) is 1. The number of nitrogens with zero attached hydrogens (tertiary/aromatic N) is 2. The lowest BCUT2D eigenvalue weighted by molar-refractivity contribution is 1.34. The highest BCUT2D eigenvalue weighted by molar-refractivity contribution is 5.85. The summed E-state index contributed by atoms with van der Waals surface area (Å²) in [6.45, 7) is 0. The van der Waals surface area contributed by atoms with E-state index in [0.29, 0.717) is 5.35 Å². The summed E-state index contributed by atoms with van der Waals surface area (Å²) in [6, 6.07) is 21.6. The number of H-pyrrole nitrogens is 1. The Kier molecular flexibility index (Phi) is 3.25. The fourth-order valence-corrected chi connectivity index (χ4v) is 2.36. The number of rotatable bonds is 1. The largest absolute Gasteiger partial charge is 0.353 e. The number of nitriles is 2. The van der Waals surface area contributed by atoms with Crippen LogP contribution in [0.5, 0.6) is 0 Å². The monoisotopic (exact) mass is 269 g/mol. The van der Waals surface area contributed by atoms with Gasteiger partial charge in [0.05, 0.1) is 5.35 Å². The van der Waals surface area contributed by atoms with Crippen molar-refractivity contribution in [2.24, 2.45) is 0 Å². The quantitative estimate of drug-likeness (QED) is 0.736. The fraction of sp³-hybridized carbons (Fsp3) is 0. The third-order valence-corrected chi connectivity index (χ3v) is 3.33. The predicted octanol–water partition coefficient (Wildman–Crippen LogP) is 2.19. The van der Waals surface area contributed by atoms with Crippen LogP contribution in [0.25, 0.3) is 22.6 Å². The second-order valence-electron chi connectivity index (χ2n) is 4.61. The standard InChI is InChI=1S/C18H11N3/c19-11-14(12-20)18-16(10-13-6-2-1-3-7-13)15-8-4-5-9-17(15)21-18/h1-10,21H/b16-10+. The van der Waals surface area contributed by atoms with Gasteiger partial charge in [-0.05, 0) is 17.7 Å². The molecule has 0 aliphatic rings. The van der Waals surface area contributed by atoms with Crippen LogP contribution in [0.3, 0.4) is 0 Å². The molecule has 1 N–H and O–H groups in total. The Bertz CT molecular complexity index is 981. The van der Waals surface area contributed by atoms with Gasteiger partial charge in [0, 0.05) is 16.1 Å². The zero-order valence-electron chi connectivity index (χ0n) is 11.2. The van der Waals surface area contributed by atoms with E-state index < -0.39 is 0 Å². The van der Waals surface area contributed by atoms with Crippen LogP contribution in [-0.4, -0.2) is 4.98 Å². The molecule has 2 aromatic carbocycles. The first-order valence-electron chi connectivity index (χ1n) is 6.51. The molecule has 1 aromatic heterocycles. The second-order valence-corrected chi connectivity index (χ2v) is 4.61. The van der Waals surface area contributed by atoms with E-state index in [0.717, 1.165) is 21.7 Å². The first-order chi connectivity index (χ1) is 10.3. The molecule has 0 unspecified atom stereocenters. The van der Waals surface area contributed by atoms with Crippen molar-refractivity contribution in [3.8, 4) is 12.1 Å². The van der Waals surface area contributed by atoms with Crippen molar-refractivity contribution in [2.75, 3.05) is 0 Å². The summed E-state index contributed by atoms with van der Waals surface area (Å²) < 4.78 is 0. The molecule has 3 rings (SSSR count). The van der Waals surface area contributed by atoms with Crippen LogP contribution in [0, 0.1) is 22.7 Å². The van der Waals surface area contributed by atoms with Crippen LogP contribution in [0.2, 0.25) is 0 Å². The molecule has 0 spiro atoms. The highest BCUT2D eigenvalue weighted by Gasteiger charge is 2.04. The van der Waals surface area contributed by atoms with Crippen molar-refractivity contribution in [3.05, 3.63) is 70.7 Å². The van der Waals surface area contributed by atoms with Crippen molar-refractivity contribution >= 4 is 22.6 Å². The average Bonchev–Trinajstić information content (AvgIpc) is 2.89. The molecule has 98 valence electrons. The highest BCUT2D eigenvalue weighted by atomic mass is 14.7. The van der Waals surface area contributed by atoms with Gasteiger partial charge in [-0.3, -0.25) is 0 Å². The summed E-state index contributed by atoms with van der Waals surface area (Å²) in [5.74, 6) is 0. The summed E-state index contributed by atoms with van der Waals surface area (Å²) in [5.41, 5.74) is 2.03. The molecular formula is C18H11N3. The van der Waals surface area contributed by atoms with E-state index in [1.54, 1.807) is 0 Å². The lowest BCUT2D eigenvalue weighted by Crippen LogP contribution is -2.25. The Balaban J connectivity index is 2.50. The number of nitrogens with one attached hydrogen (secondary N) is 1. The molecule has 0 radical (unpaired) electrons. The molecule has 0 aliphatic carbocycles. The third kappa shape index (κ3) is 2.29. The maximum Gasteiger partial charge on any atom is 0.153 e. The Morgan fingerprint density at radius 3 is 2.29 bits per heavy atom. The van der Waals surface area contributed by atoms with Crippen LogP contribution in [0.1, 0.15) is 5.56 Å². The molecule has 3 aromatic rings. The van der Waals surface area contributed by atoms with Gasteiger partial charge in [0.2, 0.25) is 0 Å². The van der Waals surface area contributed by atoms with Crippen LogP contribution in [0.15, 0.2) is 54.6 Å². The molecule has 0 aliphatic heterocycles. The van der Waals surface area contributed by atoms with Crippen molar-refractivity contribution in [2.45, 2.75) is 0 Å². The first kappa shape index (κ1) is 12.7. The summed E-state index contributed by atoms with van der Waals surface area (Å²) >= 11 is 0. The van der Waals surface area contributed by atoms with Crippen molar-refractivity contribution in [3.63, 3.8) is 0 Å². The van der Waals surface area contributed by atoms with Gasteiger partial charge in [-0.2, -0.15) is 10.5 Å². The van der Waals surface area contributed by atoms with E-state index in [1.165, 1.54) is 0 Å². The van der Waals surface area contributed by atoms with Gasteiger partial charge < -0.3 is 4.98 Å². The van der Waals surface area contributed by atoms with Crippen LogP contribution >= 0.6 is 0 Å². The van der Waals surface area contributed by atoms with Crippen molar-refractivity contribution < 1.29 is 0 Å². The Hall–Kier alpha value is -3.30. The van der Waals surface area contributed by atoms with E-state index in [4.69, 9.17) is 10.5 Å². The average molecular weight is 269 g/mol. The summed E-state index contributed by atoms with van der Waals surface area (Å²) in [4.78, 5) is 3.17. The molecule has 0 amide bonds. The summed E-state index contributed by atoms with van der Waals surface area (Å²) in [5, 5.41) is 20.7. The fourth-order valence-electron chi connectivity index (χ4n) is 2.36. The number of fused-ring (bicyclic) bond motifs is 1. The number of hydrogen-bond acceptors (Lipinski definition) is 2. The minimum Gasteiger partial charge on any atom is -0.353 e. The van der Waals surface area contributed by atoms with Crippen LogP contribution in [0.4, 0.5) is 0 Å². The van der Waals surface area contributed by atoms with Crippen LogP contribution in [-0.2, 0) is 0 Å². The van der Waals surface area contributed by atoms with E-state index in [1.807, 2.05) is 72.8 Å². The Labute approximate surface area is 121 Å². The molecule has 0 saturated carbocycles. The van der Waals surface area contributed by atoms with E-state index >= 15 is 0 Å². The van der Waals surface area contributed by atoms with Gasteiger partial charge >= 0.3 is 0 Å². The molecule has 1 heterocycles. The minimum absolute atomic E-state index is 0.0911. The SMILES string of the molecule is N#CC(C#N)=c1[nH]c2ccccc2/c1=C\c1ccccc1. The van der Waals surface area contributed by atoms with Gasteiger partial charge in [0.25, 0.3) is 0 Å². The van der Waals surface area contributed by atoms with Gasteiger partial charge in [-0.15, -0.1) is 0 Å². The highest BCUT2D eigenvalue weighted by Crippen LogP contribution is 2.06. The third-order valence-electron chi connectivity index (χ3n) is 3.33. The van der Waals surface area contributed by atoms with E-state index in [9.17, 15) is 0 Å². The lowest BCUT2D eigenvalue weighted by Gasteiger charge is -1.91. The zero-order valence-corrected chi connectivity index (χ0v) is 11.2. The maximum absolute atomic E-state index is 9.15. The molecular weight excluding hydrogens is 258 g/mol. The zero-order chi connectivity index (χ0) is 14.7. The van der Waals surface area contributed by atoms with Gasteiger partial charge in [0.15, 0.2) is 5.57 Å². The maximum atomic E-state index is 9.15. The number of benzene rings is 2. The molecule has 3 heteroatoms. The minimum atomic E-state index is 0.0911. The van der Waals surface area contributed by atoms with Crippen molar-refractivity contribution in [1.82, 2.24) is 4.98 Å². The number of para-hydroxylation sites is 1. The normalized spacial score (nSPS) is 11.0. The molecule has 0 bridgehead atoms. The molecule has 21 heavy (non-hydrogen) atoms. The molecule has 0 atom stereocenters. The molecule has 3 nitrogen and oxygen atoms in total. The Morgan fingerprint density at radius 1 is 0.905 bits per heavy atom. The lowest BCUT2D eigenvalue weighted by atomic mass is 10.1. The number of aromatic nitrogens is 1. The van der Waals surface area contributed by atoms with E-state index in [2.05, 4.69) is 4.98 Å². The van der Waals surface area contributed by atoms with Crippen LogP contribution < -0.4 is 10.6 Å². The van der Waals surface area contributed by atoms with Gasteiger partial charge in [-0.1, -0.05) is 48.5 Å². The number of aromatic amines is 1. The smallest absolute Gasteiger partial charge is 0.153 e. The Morgan fingerprint density at radius 2 is 1.57 bits per heavy atom. The van der Waals surface area contributed by atoms with Gasteiger partial charge in [-0.25, -0.2) is 0 Å². The van der Waals surface area contributed by atoms with E-state index in [-0.39, 0.29) is 5.57 Å². The van der Waals surface area contributed by atoms with Gasteiger partial charge in [0.1, 0.15) is 12.1 Å².